The zero-order valence-corrected chi connectivity index (χ0v) is 27.1. The molecule has 50 heavy (non-hydrogen) atoms. The normalized spacial score (nSPS) is 14.9. The highest BCUT2D eigenvalue weighted by molar-refractivity contribution is 6.23. The van der Waals surface area contributed by atoms with Crippen molar-refractivity contribution in [2.24, 2.45) is 0 Å². The predicted molar refractivity (Wildman–Crippen MR) is 207 cm³/mol. The number of aromatic nitrogens is 2. The molecule has 7 aromatic carbocycles. The summed E-state index contributed by atoms with van der Waals surface area (Å²) in [7, 11) is 0. The maximum Gasteiger partial charge on any atom is 0.144 e. The minimum absolute atomic E-state index is 0.0726. The van der Waals surface area contributed by atoms with Crippen LogP contribution in [0, 0.1) is 0 Å². The van der Waals surface area contributed by atoms with Crippen molar-refractivity contribution in [3.8, 4) is 39.3 Å². The highest BCUT2D eigenvalue weighted by atomic mass is 16.5. The number of hydrogen-bond donors (Lipinski definition) is 0. The summed E-state index contributed by atoms with van der Waals surface area (Å²) >= 11 is 0. The summed E-state index contributed by atoms with van der Waals surface area (Å²) in [6, 6.07) is 51.4. The molecule has 1 aliphatic carbocycles. The number of fused-ring (bicyclic) bond motifs is 9. The van der Waals surface area contributed by atoms with E-state index in [4.69, 9.17) is 14.7 Å². The maximum absolute atomic E-state index is 6.27. The largest absolute Gasteiger partial charge is 0.481 e. The number of allylic oxidation sites excluding steroid dienone is 4. The highest BCUT2D eigenvalue weighted by Gasteiger charge is 2.27. The van der Waals surface area contributed by atoms with Crippen LogP contribution in [0.1, 0.15) is 11.1 Å². The lowest BCUT2D eigenvalue weighted by atomic mass is 9.96. The van der Waals surface area contributed by atoms with E-state index in [0.29, 0.717) is 0 Å². The summed E-state index contributed by atoms with van der Waals surface area (Å²) in [5.41, 5.74) is 13.2. The molecular formula is C47H30N2O. The van der Waals surface area contributed by atoms with Crippen molar-refractivity contribution in [1.82, 2.24) is 9.97 Å². The molecule has 0 radical (unpaired) electrons. The Morgan fingerprint density at radius 3 is 1.84 bits per heavy atom. The molecule has 0 amide bonds. The van der Waals surface area contributed by atoms with Gasteiger partial charge in [-0.15, -0.1) is 0 Å². The van der Waals surface area contributed by atoms with Crippen LogP contribution >= 0.6 is 0 Å². The Morgan fingerprint density at radius 2 is 1.10 bits per heavy atom. The van der Waals surface area contributed by atoms with Gasteiger partial charge in [0.15, 0.2) is 0 Å². The molecule has 0 saturated heterocycles. The molecule has 3 heteroatoms. The molecule has 1 aliphatic heterocycles. The number of rotatable bonds is 4. The van der Waals surface area contributed by atoms with Gasteiger partial charge in [-0.3, -0.25) is 4.98 Å². The average molecular weight is 639 g/mol. The molecule has 1 unspecified atom stereocenters. The summed E-state index contributed by atoms with van der Waals surface area (Å²) in [6.45, 7) is 0. The van der Waals surface area contributed by atoms with Crippen LogP contribution in [0.5, 0.6) is 5.75 Å². The smallest absolute Gasteiger partial charge is 0.144 e. The van der Waals surface area contributed by atoms with Crippen molar-refractivity contribution in [3.63, 3.8) is 0 Å². The van der Waals surface area contributed by atoms with Gasteiger partial charge < -0.3 is 4.74 Å². The summed E-state index contributed by atoms with van der Waals surface area (Å²) in [5.74, 6) is 0.949. The van der Waals surface area contributed by atoms with Gasteiger partial charge in [-0.05, 0) is 62.4 Å². The average Bonchev–Trinajstić information content (AvgIpc) is 3.40. The van der Waals surface area contributed by atoms with Crippen molar-refractivity contribution < 1.29 is 4.74 Å². The summed E-state index contributed by atoms with van der Waals surface area (Å²) in [4.78, 5) is 10.2. The zero-order chi connectivity index (χ0) is 33.0. The first-order chi connectivity index (χ1) is 24.8. The van der Waals surface area contributed by atoms with E-state index >= 15 is 0 Å². The van der Waals surface area contributed by atoms with Crippen LogP contribution in [0.4, 0.5) is 0 Å². The van der Waals surface area contributed by atoms with Crippen LogP contribution in [-0.4, -0.2) is 16.1 Å². The number of ether oxygens (including phenoxy) is 1. The first kappa shape index (κ1) is 28.4. The van der Waals surface area contributed by atoms with E-state index in [0.717, 1.165) is 55.5 Å². The number of para-hydroxylation sites is 1. The van der Waals surface area contributed by atoms with Crippen LogP contribution < -0.4 is 4.74 Å². The SMILES string of the molecule is C1=CC(c2ccc(-c3ccc(-c4cccc(-c5cnc6c7ccccc7c7ccccc7c6n5)c4)cc3)cc2)=CC2Oc3ccccc3C2=C1. The summed E-state index contributed by atoms with van der Waals surface area (Å²) in [6.07, 6.45) is 10.5. The fourth-order valence-electron chi connectivity index (χ4n) is 7.47. The number of hydrogen-bond acceptors (Lipinski definition) is 3. The van der Waals surface area contributed by atoms with Crippen LogP contribution in [0.25, 0.3) is 77.2 Å². The van der Waals surface area contributed by atoms with Crippen LogP contribution in [0.3, 0.4) is 0 Å². The molecule has 2 heterocycles. The van der Waals surface area contributed by atoms with Gasteiger partial charge in [-0.25, -0.2) is 4.98 Å². The number of nitrogens with zero attached hydrogens (tertiary/aromatic N) is 2. The van der Waals surface area contributed by atoms with Gasteiger partial charge in [0.2, 0.25) is 0 Å². The highest BCUT2D eigenvalue weighted by Crippen LogP contribution is 2.40. The summed E-state index contributed by atoms with van der Waals surface area (Å²) < 4.78 is 6.27. The molecular weight excluding hydrogens is 609 g/mol. The minimum Gasteiger partial charge on any atom is -0.481 e. The molecule has 1 aromatic heterocycles. The summed E-state index contributed by atoms with van der Waals surface area (Å²) in [5, 5.41) is 4.65. The Hall–Kier alpha value is -6.58. The molecule has 0 spiro atoms. The van der Waals surface area contributed by atoms with Crippen LogP contribution in [0.2, 0.25) is 0 Å². The molecule has 0 bridgehead atoms. The second kappa shape index (κ2) is 11.5. The first-order valence-corrected chi connectivity index (χ1v) is 17.0. The zero-order valence-electron chi connectivity index (χ0n) is 27.1. The van der Waals surface area contributed by atoms with Gasteiger partial charge >= 0.3 is 0 Å². The molecule has 0 fully saturated rings. The van der Waals surface area contributed by atoms with Gasteiger partial charge in [-0.2, -0.15) is 0 Å². The third-order valence-electron chi connectivity index (χ3n) is 10.00. The van der Waals surface area contributed by atoms with Gasteiger partial charge in [0.25, 0.3) is 0 Å². The molecule has 3 nitrogen and oxygen atoms in total. The second-order valence-electron chi connectivity index (χ2n) is 12.9. The van der Waals surface area contributed by atoms with E-state index in [1.54, 1.807) is 0 Å². The standard InChI is InChI=1S/C47H30N2O/c1-3-15-41-37(12-1)38-13-2-4-16-42(38)47-46(41)48-29-43(49-47)36-11-7-9-34(27-36)32-23-19-30(20-24-32)31-21-25-33(26-22-31)35-10-8-17-40-39-14-5-6-18-44(39)50-45(40)28-35/h1-29,45H. The molecule has 0 N–H and O–H groups in total. The lowest BCUT2D eigenvalue weighted by Crippen LogP contribution is -2.08. The monoisotopic (exact) mass is 638 g/mol. The Morgan fingerprint density at radius 1 is 0.500 bits per heavy atom. The first-order valence-electron chi connectivity index (χ1n) is 17.0. The van der Waals surface area contributed by atoms with Crippen LogP contribution in [-0.2, 0) is 0 Å². The minimum atomic E-state index is -0.0726. The van der Waals surface area contributed by atoms with E-state index in [1.165, 1.54) is 38.6 Å². The van der Waals surface area contributed by atoms with Gasteiger partial charge in [-0.1, -0.05) is 152 Å². The maximum atomic E-state index is 6.27. The van der Waals surface area contributed by atoms with Gasteiger partial charge in [0.1, 0.15) is 11.9 Å². The fraction of sp³-hybridized carbons (Fsp3) is 0.0213. The van der Waals surface area contributed by atoms with Crippen molar-refractivity contribution in [3.05, 3.63) is 187 Å². The van der Waals surface area contributed by atoms with Crippen LogP contribution in [0.15, 0.2) is 176 Å². The van der Waals surface area contributed by atoms with Crippen molar-refractivity contribution in [1.29, 1.82) is 0 Å². The van der Waals surface area contributed by atoms with Crippen molar-refractivity contribution >= 4 is 43.7 Å². The van der Waals surface area contributed by atoms with Crippen molar-refractivity contribution in [2.45, 2.75) is 6.10 Å². The molecule has 10 rings (SSSR count). The van der Waals surface area contributed by atoms with E-state index in [9.17, 15) is 0 Å². The van der Waals surface area contributed by atoms with E-state index in [2.05, 4.69) is 158 Å². The Balaban J connectivity index is 0.922. The van der Waals surface area contributed by atoms with E-state index in [-0.39, 0.29) is 6.10 Å². The Labute approximate surface area is 290 Å². The lowest BCUT2D eigenvalue weighted by Gasteiger charge is -2.11. The molecule has 8 aromatic rings. The second-order valence-corrected chi connectivity index (χ2v) is 12.9. The number of benzene rings is 7. The Bertz CT molecular complexity index is 2680. The Kier molecular flexibility index (Phi) is 6.56. The third kappa shape index (κ3) is 4.75. The quantitative estimate of drug-likeness (QED) is 0.180. The third-order valence-corrected chi connectivity index (χ3v) is 10.00. The molecule has 234 valence electrons. The topological polar surface area (TPSA) is 35.0 Å². The predicted octanol–water partition coefficient (Wildman–Crippen LogP) is 11.7. The fourth-order valence-corrected chi connectivity index (χ4v) is 7.47. The molecule has 1 atom stereocenters. The van der Waals surface area contributed by atoms with E-state index < -0.39 is 0 Å². The molecule has 2 aliphatic rings. The molecule has 0 saturated carbocycles. The van der Waals surface area contributed by atoms with Gasteiger partial charge in [0.05, 0.1) is 22.9 Å². The van der Waals surface area contributed by atoms with Crippen molar-refractivity contribution in [2.75, 3.05) is 0 Å². The van der Waals surface area contributed by atoms with E-state index in [1.807, 2.05) is 18.3 Å². The van der Waals surface area contributed by atoms with Gasteiger partial charge in [0, 0.05) is 27.5 Å². The lowest BCUT2D eigenvalue weighted by molar-refractivity contribution is 0.324.